The van der Waals surface area contributed by atoms with Gasteiger partial charge in [-0.3, -0.25) is 4.79 Å². The molecule has 0 aromatic heterocycles. The van der Waals surface area contributed by atoms with Crippen molar-refractivity contribution in [3.05, 3.63) is 29.3 Å². The van der Waals surface area contributed by atoms with Gasteiger partial charge in [0, 0.05) is 11.1 Å². The monoisotopic (exact) mass is 339 g/mol. The van der Waals surface area contributed by atoms with Crippen LogP contribution >= 0.6 is 11.6 Å². The molecule has 2 rings (SSSR count). The van der Waals surface area contributed by atoms with Crippen LogP contribution in [0.15, 0.2) is 24.3 Å². The molecular weight excluding hydrogens is 318 g/mol. The number of hydrogen-bond acceptors (Lipinski definition) is 4. The fourth-order valence-corrected chi connectivity index (χ4v) is 2.61. The van der Waals surface area contributed by atoms with Gasteiger partial charge in [0.15, 0.2) is 12.2 Å². The van der Waals surface area contributed by atoms with E-state index in [4.69, 9.17) is 21.1 Å². The molecule has 0 spiro atoms. The zero-order valence-corrected chi connectivity index (χ0v) is 14.2. The highest BCUT2D eigenvalue weighted by molar-refractivity contribution is 6.30. The Morgan fingerprint density at radius 3 is 2.43 bits per heavy atom. The van der Waals surface area contributed by atoms with Crippen LogP contribution in [0, 0.1) is 0 Å². The third kappa shape index (κ3) is 5.43. The number of carbonyl (C=O) groups excluding carboxylic acids is 2. The molecule has 1 saturated carbocycles. The van der Waals surface area contributed by atoms with E-state index in [0.29, 0.717) is 10.8 Å². The lowest BCUT2D eigenvalue weighted by Gasteiger charge is -2.24. The van der Waals surface area contributed by atoms with E-state index in [1.54, 1.807) is 38.1 Å². The lowest BCUT2D eigenvalue weighted by Crippen LogP contribution is -2.42. The minimum Gasteiger partial charge on any atom is -0.476 e. The van der Waals surface area contributed by atoms with E-state index in [0.717, 1.165) is 25.7 Å². The van der Waals surface area contributed by atoms with Crippen LogP contribution in [0.5, 0.6) is 5.75 Å². The molecule has 5 nitrogen and oxygen atoms in total. The van der Waals surface area contributed by atoms with Crippen molar-refractivity contribution in [1.82, 2.24) is 5.32 Å². The van der Waals surface area contributed by atoms with Crippen molar-refractivity contribution < 1.29 is 19.1 Å². The lowest BCUT2D eigenvalue weighted by atomic mass is 10.1. The summed E-state index contributed by atoms with van der Waals surface area (Å²) in [5, 5.41) is 3.45. The molecule has 126 valence electrons. The Kier molecular flexibility index (Phi) is 5.88. The molecule has 0 atom stereocenters. The van der Waals surface area contributed by atoms with Gasteiger partial charge in [0.05, 0.1) is 0 Å². The number of hydrogen-bond donors (Lipinski definition) is 1. The highest BCUT2D eigenvalue weighted by Gasteiger charge is 2.32. The summed E-state index contributed by atoms with van der Waals surface area (Å²) < 4.78 is 10.7. The molecule has 6 heteroatoms. The van der Waals surface area contributed by atoms with Crippen molar-refractivity contribution >= 4 is 23.5 Å². The Bertz CT molecular complexity index is 550. The maximum Gasteiger partial charge on any atom is 0.350 e. The van der Waals surface area contributed by atoms with Gasteiger partial charge in [-0.1, -0.05) is 24.4 Å². The second-order valence-electron chi connectivity index (χ2n) is 6.19. The SMILES string of the molecule is CC(C)(Oc1ccc(Cl)cc1)C(=O)OCC(=O)NC1CCCC1. The molecule has 0 radical (unpaired) electrons. The number of esters is 1. The summed E-state index contributed by atoms with van der Waals surface area (Å²) in [5.74, 6) is -0.353. The molecular formula is C17H22ClNO4. The molecule has 1 aliphatic carbocycles. The summed E-state index contributed by atoms with van der Waals surface area (Å²) in [5.41, 5.74) is -1.19. The highest BCUT2D eigenvalue weighted by atomic mass is 35.5. The van der Waals surface area contributed by atoms with E-state index < -0.39 is 11.6 Å². The molecule has 1 aliphatic rings. The first kappa shape index (κ1) is 17.6. The fraction of sp³-hybridized carbons (Fsp3) is 0.529. The van der Waals surface area contributed by atoms with E-state index in [2.05, 4.69) is 5.32 Å². The van der Waals surface area contributed by atoms with Gasteiger partial charge in [0.1, 0.15) is 5.75 Å². The largest absolute Gasteiger partial charge is 0.476 e. The van der Waals surface area contributed by atoms with Crippen molar-refractivity contribution in [1.29, 1.82) is 0 Å². The summed E-state index contributed by atoms with van der Waals surface area (Å²) in [6, 6.07) is 6.90. The topological polar surface area (TPSA) is 64.6 Å². The van der Waals surface area contributed by atoms with Gasteiger partial charge in [-0.2, -0.15) is 0 Å². The van der Waals surface area contributed by atoms with Crippen LogP contribution in [-0.2, 0) is 14.3 Å². The zero-order valence-electron chi connectivity index (χ0n) is 13.4. The van der Waals surface area contributed by atoms with Crippen LogP contribution in [0.3, 0.4) is 0 Å². The first-order chi connectivity index (χ1) is 10.9. The van der Waals surface area contributed by atoms with Crippen LogP contribution in [0.2, 0.25) is 5.02 Å². The van der Waals surface area contributed by atoms with Gasteiger partial charge < -0.3 is 14.8 Å². The van der Waals surface area contributed by atoms with Crippen LogP contribution in [0.25, 0.3) is 0 Å². The molecule has 0 heterocycles. The maximum atomic E-state index is 12.1. The standard InChI is InChI=1S/C17H22ClNO4/c1-17(2,23-14-9-7-12(18)8-10-14)16(21)22-11-15(20)19-13-5-3-4-6-13/h7-10,13H,3-6,11H2,1-2H3,(H,19,20). The predicted octanol–water partition coefficient (Wildman–Crippen LogP) is 3.10. The third-order valence-electron chi connectivity index (χ3n) is 3.73. The summed E-state index contributed by atoms with van der Waals surface area (Å²) in [6.45, 7) is 2.90. The van der Waals surface area contributed by atoms with Crippen LogP contribution < -0.4 is 10.1 Å². The van der Waals surface area contributed by atoms with Gasteiger partial charge in [-0.25, -0.2) is 4.79 Å². The molecule has 1 fully saturated rings. The average Bonchev–Trinajstić information content (AvgIpc) is 2.99. The molecule has 0 bridgehead atoms. The lowest BCUT2D eigenvalue weighted by molar-refractivity contribution is -0.162. The van der Waals surface area contributed by atoms with Gasteiger partial charge in [-0.15, -0.1) is 0 Å². The number of carbonyl (C=O) groups is 2. The Morgan fingerprint density at radius 1 is 1.22 bits per heavy atom. The van der Waals surface area contributed by atoms with Crippen molar-refractivity contribution in [3.63, 3.8) is 0 Å². The van der Waals surface area contributed by atoms with Gasteiger partial charge in [0.2, 0.25) is 0 Å². The molecule has 1 N–H and O–H groups in total. The molecule has 1 aromatic rings. The minimum absolute atomic E-state index is 0.208. The van der Waals surface area contributed by atoms with Crippen LogP contribution in [-0.4, -0.2) is 30.1 Å². The summed E-state index contributed by atoms with van der Waals surface area (Å²) >= 11 is 5.81. The third-order valence-corrected chi connectivity index (χ3v) is 3.98. The summed E-state index contributed by atoms with van der Waals surface area (Å²) in [4.78, 5) is 23.9. The van der Waals surface area contributed by atoms with Crippen molar-refractivity contribution in [2.75, 3.05) is 6.61 Å². The first-order valence-electron chi connectivity index (χ1n) is 7.78. The number of benzene rings is 1. The van der Waals surface area contributed by atoms with Crippen LogP contribution in [0.4, 0.5) is 0 Å². The Balaban J connectivity index is 1.80. The van der Waals surface area contributed by atoms with E-state index in [1.807, 2.05) is 0 Å². The van der Waals surface area contributed by atoms with E-state index >= 15 is 0 Å². The van der Waals surface area contributed by atoms with Crippen molar-refractivity contribution in [2.24, 2.45) is 0 Å². The number of rotatable bonds is 6. The molecule has 0 saturated heterocycles. The molecule has 0 aliphatic heterocycles. The zero-order chi connectivity index (χ0) is 16.9. The van der Waals surface area contributed by atoms with Crippen molar-refractivity contribution in [3.8, 4) is 5.75 Å². The number of ether oxygens (including phenoxy) is 2. The Labute approximate surface area is 141 Å². The fourth-order valence-electron chi connectivity index (χ4n) is 2.48. The normalized spacial score (nSPS) is 15.3. The van der Waals surface area contributed by atoms with Gasteiger partial charge >= 0.3 is 5.97 Å². The predicted molar refractivity (Wildman–Crippen MR) is 87.5 cm³/mol. The second-order valence-corrected chi connectivity index (χ2v) is 6.63. The minimum atomic E-state index is -1.19. The molecule has 23 heavy (non-hydrogen) atoms. The van der Waals surface area contributed by atoms with E-state index in [1.165, 1.54) is 0 Å². The van der Waals surface area contributed by atoms with E-state index in [-0.39, 0.29) is 18.6 Å². The molecule has 1 aromatic carbocycles. The van der Waals surface area contributed by atoms with E-state index in [9.17, 15) is 9.59 Å². The quantitative estimate of drug-likeness (QED) is 0.809. The number of nitrogens with one attached hydrogen (secondary N) is 1. The first-order valence-corrected chi connectivity index (χ1v) is 8.16. The summed E-state index contributed by atoms with van der Waals surface area (Å²) in [6.07, 6.45) is 4.25. The number of halogens is 1. The van der Waals surface area contributed by atoms with Crippen molar-refractivity contribution in [2.45, 2.75) is 51.2 Å². The second kappa shape index (κ2) is 7.68. The highest BCUT2D eigenvalue weighted by Crippen LogP contribution is 2.22. The molecule has 1 amide bonds. The van der Waals surface area contributed by atoms with Crippen LogP contribution in [0.1, 0.15) is 39.5 Å². The summed E-state index contributed by atoms with van der Waals surface area (Å²) in [7, 11) is 0. The van der Waals surface area contributed by atoms with Gasteiger partial charge in [-0.05, 0) is 51.0 Å². The Hall–Kier alpha value is -1.75. The molecule has 0 unspecified atom stereocenters. The maximum absolute atomic E-state index is 12.1. The number of amides is 1. The smallest absolute Gasteiger partial charge is 0.350 e. The van der Waals surface area contributed by atoms with Gasteiger partial charge in [0.25, 0.3) is 5.91 Å². The average molecular weight is 340 g/mol. The Morgan fingerprint density at radius 2 is 1.83 bits per heavy atom.